The number of carbonyl (C=O) groups is 2. The van der Waals surface area contributed by atoms with Crippen LogP contribution in [0.15, 0.2) is 24.3 Å². The van der Waals surface area contributed by atoms with Crippen LogP contribution in [-0.2, 0) is 14.3 Å². The molecule has 2 amide bonds. The van der Waals surface area contributed by atoms with E-state index in [4.69, 9.17) is 4.74 Å². The molecule has 2 saturated heterocycles. The van der Waals surface area contributed by atoms with E-state index in [-0.39, 0.29) is 17.9 Å². The number of aryl methyl sites for hydroxylation is 1. The monoisotopic (exact) mass is 317 g/mol. The summed E-state index contributed by atoms with van der Waals surface area (Å²) in [6.45, 7) is 4.65. The van der Waals surface area contributed by atoms with E-state index in [9.17, 15) is 9.59 Å². The second kappa shape index (κ2) is 7.10. The second-order valence-corrected chi connectivity index (χ2v) is 6.16. The third-order valence-electron chi connectivity index (χ3n) is 4.32. The van der Waals surface area contributed by atoms with Crippen molar-refractivity contribution in [3.8, 4) is 0 Å². The molecule has 2 unspecified atom stereocenters. The van der Waals surface area contributed by atoms with E-state index in [0.717, 1.165) is 17.8 Å². The zero-order valence-corrected chi connectivity index (χ0v) is 13.4. The number of nitrogens with zero attached hydrogens (tertiary/aromatic N) is 1. The van der Waals surface area contributed by atoms with E-state index in [1.165, 1.54) is 0 Å². The van der Waals surface area contributed by atoms with Crippen molar-refractivity contribution in [2.45, 2.75) is 31.8 Å². The summed E-state index contributed by atoms with van der Waals surface area (Å²) in [6, 6.07) is 7.48. The fourth-order valence-electron chi connectivity index (χ4n) is 3.02. The van der Waals surface area contributed by atoms with E-state index < -0.39 is 6.04 Å². The third-order valence-corrected chi connectivity index (χ3v) is 4.32. The summed E-state index contributed by atoms with van der Waals surface area (Å²) < 4.78 is 5.34. The van der Waals surface area contributed by atoms with Crippen molar-refractivity contribution >= 4 is 17.5 Å². The quantitative estimate of drug-likeness (QED) is 0.853. The average Bonchev–Trinajstić information content (AvgIpc) is 2.90. The van der Waals surface area contributed by atoms with Crippen molar-refractivity contribution in [2.75, 3.05) is 31.2 Å². The highest BCUT2D eigenvalue weighted by molar-refractivity contribution is 6.01. The van der Waals surface area contributed by atoms with Crippen molar-refractivity contribution in [3.63, 3.8) is 0 Å². The molecule has 2 fully saturated rings. The molecule has 0 spiro atoms. The SMILES string of the molecule is Cc1ccc(N2CCC(NC(=O)CC3COCCN3)C2=O)cc1. The molecule has 124 valence electrons. The lowest BCUT2D eigenvalue weighted by Gasteiger charge is -2.24. The lowest BCUT2D eigenvalue weighted by Crippen LogP contribution is -2.47. The summed E-state index contributed by atoms with van der Waals surface area (Å²) in [7, 11) is 0. The van der Waals surface area contributed by atoms with Gasteiger partial charge in [-0.15, -0.1) is 0 Å². The molecule has 6 nitrogen and oxygen atoms in total. The molecule has 0 aromatic heterocycles. The van der Waals surface area contributed by atoms with Crippen LogP contribution in [0.5, 0.6) is 0 Å². The van der Waals surface area contributed by atoms with Gasteiger partial charge in [0.05, 0.1) is 13.2 Å². The van der Waals surface area contributed by atoms with Crippen LogP contribution in [0.25, 0.3) is 0 Å². The van der Waals surface area contributed by atoms with Crippen LogP contribution in [-0.4, -0.2) is 50.2 Å². The highest BCUT2D eigenvalue weighted by atomic mass is 16.5. The number of ether oxygens (including phenoxy) is 1. The maximum absolute atomic E-state index is 12.5. The summed E-state index contributed by atoms with van der Waals surface area (Å²) >= 11 is 0. The number of benzene rings is 1. The molecule has 1 aromatic rings. The van der Waals surface area contributed by atoms with Gasteiger partial charge in [0.2, 0.25) is 11.8 Å². The van der Waals surface area contributed by atoms with E-state index >= 15 is 0 Å². The van der Waals surface area contributed by atoms with Gasteiger partial charge < -0.3 is 20.3 Å². The largest absolute Gasteiger partial charge is 0.378 e. The van der Waals surface area contributed by atoms with Crippen LogP contribution in [0.3, 0.4) is 0 Å². The average molecular weight is 317 g/mol. The molecule has 2 aliphatic heterocycles. The molecule has 2 heterocycles. The molecule has 2 N–H and O–H groups in total. The Balaban J connectivity index is 1.54. The zero-order valence-electron chi connectivity index (χ0n) is 13.4. The number of hydrogen-bond acceptors (Lipinski definition) is 4. The summed E-state index contributed by atoms with van der Waals surface area (Å²) in [5, 5.41) is 6.11. The Hall–Kier alpha value is -1.92. The Labute approximate surface area is 136 Å². The minimum Gasteiger partial charge on any atom is -0.378 e. The van der Waals surface area contributed by atoms with E-state index in [2.05, 4.69) is 10.6 Å². The van der Waals surface area contributed by atoms with Crippen molar-refractivity contribution < 1.29 is 14.3 Å². The smallest absolute Gasteiger partial charge is 0.249 e. The fourth-order valence-corrected chi connectivity index (χ4v) is 3.02. The summed E-state index contributed by atoms with van der Waals surface area (Å²) in [6.07, 6.45) is 0.987. The third kappa shape index (κ3) is 3.89. The molecule has 1 aromatic carbocycles. The van der Waals surface area contributed by atoms with Gasteiger partial charge >= 0.3 is 0 Å². The van der Waals surface area contributed by atoms with Crippen LogP contribution in [0, 0.1) is 6.92 Å². The first-order chi connectivity index (χ1) is 11.1. The molecule has 0 radical (unpaired) electrons. The van der Waals surface area contributed by atoms with Crippen LogP contribution < -0.4 is 15.5 Å². The number of morpholine rings is 1. The van der Waals surface area contributed by atoms with Gasteiger partial charge in [-0.05, 0) is 25.5 Å². The van der Waals surface area contributed by atoms with Crippen molar-refractivity contribution in [1.29, 1.82) is 0 Å². The van der Waals surface area contributed by atoms with Gasteiger partial charge in [0.25, 0.3) is 0 Å². The highest BCUT2D eigenvalue weighted by Crippen LogP contribution is 2.22. The zero-order chi connectivity index (χ0) is 16.2. The standard InChI is InChI=1S/C17H23N3O3/c1-12-2-4-14(5-3-12)20-8-6-15(17(20)22)19-16(21)10-13-11-23-9-7-18-13/h2-5,13,15,18H,6-11H2,1H3,(H,19,21). The molecule has 0 aliphatic carbocycles. The highest BCUT2D eigenvalue weighted by Gasteiger charge is 2.33. The summed E-state index contributed by atoms with van der Waals surface area (Å²) in [4.78, 5) is 26.4. The summed E-state index contributed by atoms with van der Waals surface area (Å²) in [5.41, 5.74) is 2.05. The Morgan fingerprint density at radius 2 is 2.17 bits per heavy atom. The van der Waals surface area contributed by atoms with Crippen LogP contribution in [0.4, 0.5) is 5.69 Å². The van der Waals surface area contributed by atoms with E-state index in [1.807, 2.05) is 31.2 Å². The predicted molar refractivity (Wildman–Crippen MR) is 87.3 cm³/mol. The topological polar surface area (TPSA) is 70.7 Å². The molecular formula is C17H23N3O3. The van der Waals surface area contributed by atoms with Gasteiger partial charge in [-0.2, -0.15) is 0 Å². The molecule has 3 rings (SSSR count). The maximum Gasteiger partial charge on any atom is 0.249 e. The van der Waals surface area contributed by atoms with Crippen molar-refractivity contribution in [1.82, 2.24) is 10.6 Å². The Bertz CT molecular complexity index is 567. The van der Waals surface area contributed by atoms with E-state index in [1.54, 1.807) is 4.90 Å². The van der Waals surface area contributed by atoms with Crippen molar-refractivity contribution in [2.24, 2.45) is 0 Å². The minimum absolute atomic E-state index is 0.0324. The second-order valence-electron chi connectivity index (χ2n) is 6.16. The Kier molecular flexibility index (Phi) is 4.93. The number of rotatable bonds is 4. The molecule has 23 heavy (non-hydrogen) atoms. The number of amides is 2. The van der Waals surface area contributed by atoms with Gasteiger partial charge in [0.15, 0.2) is 0 Å². The molecule has 0 bridgehead atoms. The molecule has 0 saturated carbocycles. The number of carbonyl (C=O) groups excluding carboxylic acids is 2. The maximum atomic E-state index is 12.5. The number of anilines is 1. The molecule has 2 aliphatic rings. The predicted octanol–water partition coefficient (Wildman–Crippen LogP) is 0.595. The first-order valence-electron chi connectivity index (χ1n) is 8.12. The van der Waals surface area contributed by atoms with Gasteiger partial charge in [0, 0.05) is 31.2 Å². The fraction of sp³-hybridized carbons (Fsp3) is 0.529. The Morgan fingerprint density at radius 3 is 2.87 bits per heavy atom. The Morgan fingerprint density at radius 1 is 1.39 bits per heavy atom. The first-order valence-corrected chi connectivity index (χ1v) is 8.12. The first kappa shape index (κ1) is 16.0. The van der Waals surface area contributed by atoms with Crippen LogP contribution in [0.2, 0.25) is 0 Å². The van der Waals surface area contributed by atoms with Crippen LogP contribution in [0.1, 0.15) is 18.4 Å². The number of hydrogen-bond donors (Lipinski definition) is 2. The van der Waals surface area contributed by atoms with E-state index in [0.29, 0.717) is 32.6 Å². The lowest BCUT2D eigenvalue weighted by molar-refractivity contribution is -0.127. The minimum atomic E-state index is -0.423. The molecular weight excluding hydrogens is 294 g/mol. The van der Waals surface area contributed by atoms with Gasteiger partial charge in [-0.25, -0.2) is 0 Å². The number of nitrogens with one attached hydrogen (secondary N) is 2. The lowest BCUT2D eigenvalue weighted by atomic mass is 10.1. The molecule has 6 heteroatoms. The van der Waals surface area contributed by atoms with Crippen LogP contribution >= 0.6 is 0 Å². The normalized spacial score (nSPS) is 24.7. The van der Waals surface area contributed by atoms with Crippen molar-refractivity contribution in [3.05, 3.63) is 29.8 Å². The van der Waals surface area contributed by atoms with Gasteiger partial charge in [-0.1, -0.05) is 17.7 Å². The summed E-state index contributed by atoms with van der Waals surface area (Å²) in [5.74, 6) is -0.132. The molecule has 2 atom stereocenters. The van der Waals surface area contributed by atoms with Gasteiger partial charge in [-0.3, -0.25) is 9.59 Å². The van der Waals surface area contributed by atoms with Gasteiger partial charge in [0.1, 0.15) is 6.04 Å².